The van der Waals surface area contributed by atoms with Gasteiger partial charge in [-0.05, 0) is 62.1 Å². The van der Waals surface area contributed by atoms with Crippen LogP contribution in [-0.2, 0) is 34.7 Å². The molecular formula is C24H29N3O2S. The van der Waals surface area contributed by atoms with Gasteiger partial charge < -0.3 is 14.6 Å². The maximum atomic E-state index is 12.8. The number of nitrogens with zero attached hydrogens (tertiary/aromatic N) is 2. The predicted molar refractivity (Wildman–Crippen MR) is 121 cm³/mol. The number of thioether (sulfide) groups is 1. The number of aryl methyl sites for hydroxylation is 1. The fourth-order valence-corrected chi connectivity index (χ4v) is 5.41. The molecule has 4 rings (SSSR count). The molecule has 1 fully saturated rings. The summed E-state index contributed by atoms with van der Waals surface area (Å²) in [4.78, 5) is 12.8. The highest BCUT2D eigenvalue weighted by Crippen LogP contribution is 2.34. The molecule has 1 atom stereocenters. The molecule has 1 saturated heterocycles. The zero-order valence-electron chi connectivity index (χ0n) is 17.6. The number of carbonyl (C=O) groups is 1. The summed E-state index contributed by atoms with van der Waals surface area (Å²) in [5.74, 6) is 1.81. The Morgan fingerprint density at radius 2 is 2.13 bits per heavy atom. The van der Waals surface area contributed by atoms with Crippen molar-refractivity contribution in [1.82, 2.24) is 4.57 Å². The van der Waals surface area contributed by atoms with Gasteiger partial charge >= 0.3 is 0 Å². The number of ether oxygens (including phenoxy) is 1. The Balaban J connectivity index is 1.49. The first kappa shape index (κ1) is 21.0. The largest absolute Gasteiger partial charge is 0.376 e. The van der Waals surface area contributed by atoms with Crippen molar-refractivity contribution in [3.05, 3.63) is 52.2 Å². The molecule has 1 N–H and O–H groups in total. The average Bonchev–Trinajstić information content (AvgIpc) is 3.36. The van der Waals surface area contributed by atoms with E-state index in [0.717, 1.165) is 63.0 Å². The lowest BCUT2D eigenvalue weighted by Crippen LogP contribution is -2.23. The maximum absolute atomic E-state index is 12.8. The highest BCUT2D eigenvalue weighted by molar-refractivity contribution is 7.99. The number of carbonyl (C=O) groups excluding carboxylic acids is 1. The second kappa shape index (κ2) is 9.72. The molecule has 0 radical (unpaired) electrons. The summed E-state index contributed by atoms with van der Waals surface area (Å²) >= 11 is 1.61. The third kappa shape index (κ3) is 4.58. The van der Waals surface area contributed by atoms with Crippen molar-refractivity contribution >= 4 is 23.5 Å². The number of aromatic nitrogens is 1. The van der Waals surface area contributed by atoms with E-state index >= 15 is 0 Å². The molecule has 158 valence electrons. The summed E-state index contributed by atoms with van der Waals surface area (Å²) in [6, 6.07) is 10.6. The molecular weight excluding hydrogens is 394 g/mol. The first-order valence-corrected chi connectivity index (χ1v) is 12.0. The van der Waals surface area contributed by atoms with Gasteiger partial charge in [-0.15, -0.1) is 11.8 Å². The molecule has 2 aliphatic rings. The van der Waals surface area contributed by atoms with Crippen molar-refractivity contribution in [3.63, 3.8) is 0 Å². The Morgan fingerprint density at radius 1 is 1.30 bits per heavy atom. The van der Waals surface area contributed by atoms with Crippen molar-refractivity contribution in [2.45, 2.75) is 63.9 Å². The van der Waals surface area contributed by atoms with Crippen LogP contribution in [-0.4, -0.2) is 28.9 Å². The van der Waals surface area contributed by atoms with Crippen LogP contribution in [0, 0.1) is 18.3 Å². The fourth-order valence-electron chi connectivity index (χ4n) is 4.51. The van der Waals surface area contributed by atoms with E-state index in [9.17, 15) is 10.1 Å². The summed E-state index contributed by atoms with van der Waals surface area (Å²) in [6.45, 7) is 3.62. The zero-order chi connectivity index (χ0) is 20.9. The van der Waals surface area contributed by atoms with Crippen molar-refractivity contribution < 1.29 is 9.53 Å². The maximum Gasteiger partial charge on any atom is 0.235 e. The SMILES string of the molecule is Cc1ccccc1CSCC(=O)Nc1c(C#N)c2c(n1CC1CCCO1)CCCC2. The molecule has 0 spiro atoms. The fraction of sp³-hybridized carbons (Fsp3) is 0.500. The number of hydrogen-bond acceptors (Lipinski definition) is 4. The van der Waals surface area contributed by atoms with Gasteiger partial charge in [-0.25, -0.2) is 0 Å². The Labute approximate surface area is 182 Å². The number of fused-ring (bicyclic) bond motifs is 1. The number of nitriles is 1. The van der Waals surface area contributed by atoms with E-state index in [-0.39, 0.29) is 12.0 Å². The van der Waals surface area contributed by atoms with Crippen molar-refractivity contribution in [1.29, 1.82) is 5.26 Å². The molecule has 1 amide bonds. The lowest BCUT2D eigenvalue weighted by molar-refractivity contribution is -0.113. The molecule has 1 aliphatic carbocycles. The Bertz CT molecular complexity index is 954. The van der Waals surface area contributed by atoms with E-state index in [1.54, 1.807) is 11.8 Å². The minimum atomic E-state index is -0.0477. The first-order chi connectivity index (χ1) is 14.7. The van der Waals surface area contributed by atoms with E-state index in [0.29, 0.717) is 17.1 Å². The summed E-state index contributed by atoms with van der Waals surface area (Å²) in [6.07, 6.45) is 6.40. The van der Waals surface area contributed by atoms with Crippen LogP contribution in [0.5, 0.6) is 0 Å². The Hall–Kier alpha value is -2.23. The molecule has 6 heteroatoms. The van der Waals surface area contributed by atoms with E-state index in [4.69, 9.17) is 4.74 Å². The molecule has 0 saturated carbocycles. The molecule has 1 unspecified atom stereocenters. The van der Waals surface area contributed by atoms with Crippen molar-refractivity contribution in [2.24, 2.45) is 0 Å². The monoisotopic (exact) mass is 423 g/mol. The van der Waals surface area contributed by atoms with Gasteiger partial charge in [-0.3, -0.25) is 4.79 Å². The predicted octanol–water partition coefficient (Wildman–Crippen LogP) is 4.60. The van der Waals surface area contributed by atoms with Gasteiger partial charge in [0.15, 0.2) is 0 Å². The van der Waals surface area contributed by atoms with Crippen LogP contribution in [0.4, 0.5) is 5.82 Å². The van der Waals surface area contributed by atoms with Gasteiger partial charge in [0.05, 0.1) is 24.0 Å². The average molecular weight is 424 g/mol. The molecule has 0 bridgehead atoms. The summed E-state index contributed by atoms with van der Waals surface area (Å²) in [5, 5.41) is 13.0. The minimum absolute atomic E-state index is 0.0477. The number of amides is 1. The van der Waals surface area contributed by atoms with Crippen LogP contribution < -0.4 is 5.32 Å². The zero-order valence-corrected chi connectivity index (χ0v) is 18.4. The van der Waals surface area contributed by atoms with Gasteiger partial charge in [-0.2, -0.15) is 5.26 Å². The molecule has 2 aromatic rings. The van der Waals surface area contributed by atoms with Gasteiger partial charge in [-0.1, -0.05) is 24.3 Å². The highest BCUT2D eigenvalue weighted by atomic mass is 32.2. The van der Waals surface area contributed by atoms with Gasteiger partial charge in [0.2, 0.25) is 5.91 Å². The normalized spacial score (nSPS) is 18.1. The number of benzene rings is 1. The van der Waals surface area contributed by atoms with Crippen LogP contribution in [0.25, 0.3) is 0 Å². The topological polar surface area (TPSA) is 67.0 Å². The quantitative estimate of drug-likeness (QED) is 0.707. The van der Waals surface area contributed by atoms with E-state index in [1.165, 1.54) is 16.8 Å². The number of anilines is 1. The van der Waals surface area contributed by atoms with E-state index in [1.807, 2.05) is 12.1 Å². The third-order valence-electron chi connectivity index (χ3n) is 6.10. The number of hydrogen-bond donors (Lipinski definition) is 1. The second-order valence-electron chi connectivity index (χ2n) is 8.18. The van der Waals surface area contributed by atoms with Crippen LogP contribution in [0.3, 0.4) is 0 Å². The van der Waals surface area contributed by atoms with E-state index < -0.39 is 0 Å². The molecule has 5 nitrogen and oxygen atoms in total. The minimum Gasteiger partial charge on any atom is -0.376 e. The molecule has 1 aromatic carbocycles. The van der Waals surface area contributed by atoms with Gasteiger partial charge in [0.1, 0.15) is 11.9 Å². The third-order valence-corrected chi connectivity index (χ3v) is 7.09. The Morgan fingerprint density at radius 3 is 2.90 bits per heavy atom. The summed E-state index contributed by atoms with van der Waals surface area (Å²) in [5.41, 5.74) is 5.50. The standard InChI is InChI=1S/C24H29N3O2S/c1-17-7-2-3-8-18(17)15-30-16-23(28)26-24-21(13-25)20-10-4-5-11-22(20)27(24)14-19-9-6-12-29-19/h2-3,7-8,19H,4-6,9-12,14-16H2,1H3,(H,26,28). The first-order valence-electron chi connectivity index (χ1n) is 10.9. The van der Waals surface area contributed by atoms with Crippen LogP contribution in [0.1, 0.15) is 53.6 Å². The Kier molecular flexibility index (Phi) is 6.81. The van der Waals surface area contributed by atoms with Crippen molar-refractivity contribution in [3.8, 4) is 6.07 Å². The highest BCUT2D eigenvalue weighted by Gasteiger charge is 2.28. The summed E-state index contributed by atoms with van der Waals surface area (Å²) < 4.78 is 8.03. The van der Waals surface area contributed by atoms with E-state index in [2.05, 4.69) is 35.0 Å². The molecule has 1 aromatic heterocycles. The number of nitrogens with one attached hydrogen (secondary N) is 1. The van der Waals surface area contributed by atoms with Crippen LogP contribution in [0.15, 0.2) is 24.3 Å². The lowest BCUT2D eigenvalue weighted by atomic mass is 9.95. The van der Waals surface area contributed by atoms with Crippen molar-refractivity contribution in [2.75, 3.05) is 17.7 Å². The van der Waals surface area contributed by atoms with Gasteiger partial charge in [0, 0.05) is 18.1 Å². The molecule has 2 heterocycles. The smallest absolute Gasteiger partial charge is 0.235 e. The van der Waals surface area contributed by atoms with Crippen LogP contribution in [0.2, 0.25) is 0 Å². The second-order valence-corrected chi connectivity index (χ2v) is 9.17. The molecule has 30 heavy (non-hydrogen) atoms. The summed E-state index contributed by atoms with van der Waals surface area (Å²) in [7, 11) is 0. The number of rotatable bonds is 7. The molecule has 1 aliphatic heterocycles. The van der Waals surface area contributed by atoms with Gasteiger partial charge in [0.25, 0.3) is 0 Å². The van der Waals surface area contributed by atoms with Crippen LogP contribution >= 0.6 is 11.8 Å². The lowest BCUT2D eigenvalue weighted by Gasteiger charge is -2.19.